The minimum atomic E-state index is -3.30. The number of fused-ring (bicyclic) bond motifs is 3. The normalized spacial score (nSPS) is 28.6. The molecule has 0 N–H and O–H groups in total. The number of rotatable bonds is 6. The third kappa shape index (κ3) is 3.82. The van der Waals surface area contributed by atoms with E-state index in [1.165, 1.54) is 26.4 Å². The van der Waals surface area contributed by atoms with Crippen LogP contribution in [0.5, 0.6) is 11.5 Å². The number of Topliss-reactive ketones (excluding diaryl/α,β-unsaturated/α-hetero) is 1. The second-order valence-electron chi connectivity index (χ2n) is 11.4. The Bertz CT molecular complexity index is 1290. The van der Waals surface area contributed by atoms with Gasteiger partial charge in [0.2, 0.25) is 0 Å². The van der Waals surface area contributed by atoms with Crippen molar-refractivity contribution in [3.05, 3.63) is 23.3 Å². The summed E-state index contributed by atoms with van der Waals surface area (Å²) in [5.74, 6) is -1.43. The smallest absolute Gasteiger partial charge is 0.161 e. The van der Waals surface area contributed by atoms with E-state index in [1.807, 2.05) is 0 Å². The van der Waals surface area contributed by atoms with Crippen LogP contribution in [0.4, 0.5) is 0 Å². The molecular weight excluding hydrogens is 496 g/mol. The number of ether oxygens (including phenoxy) is 2. The second kappa shape index (κ2) is 9.60. The Morgan fingerprint density at radius 2 is 1.00 bits per heavy atom. The highest BCUT2D eigenvalue weighted by Crippen LogP contribution is 2.79. The summed E-state index contributed by atoms with van der Waals surface area (Å²) in [7, 11) is 123. The average Bonchev–Trinajstić information content (AvgIpc) is 2.82. The van der Waals surface area contributed by atoms with Crippen molar-refractivity contribution in [3.63, 3.8) is 0 Å². The van der Waals surface area contributed by atoms with Gasteiger partial charge in [0.15, 0.2) is 11.5 Å². The van der Waals surface area contributed by atoms with E-state index in [0.29, 0.717) is 4.90 Å². The number of ketones is 1. The minimum absolute atomic E-state index is 0.0391. The molecular formula is C19H8B19NO3. The summed E-state index contributed by atoms with van der Waals surface area (Å²) in [6, 6.07) is 2.53. The van der Waals surface area contributed by atoms with E-state index in [0.717, 1.165) is 0 Å². The molecule has 2 heterocycles. The topological polar surface area (TPSA) is 38.8 Å². The monoisotopic (exact) mass is 507 g/mol. The molecule has 38 radical (unpaired) electrons. The second-order valence-corrected chi connectivity index (χ2v) is 11.4. The van der Waals surface area contributed by atoms with Crippen LogP contribution in [0, 0.1) is 0 Å². The summed E-state index contributed by atoms with van der Waals surface area (Å²) < 4.78 is 10.7. The van der Waals surface area contributed by atoms with Gasteiger partial charge in [-0.1, -0.05) is 26.7 Å². The highest BCUT2D eigenvalue weighted by molar-refractivity contribution is 6.74. The molecule has 1 saturated heterocycles. The van der Waals surface area contributed by atoms with E-state index in [4.69, 9.17) is 159 Å². The molecule has 0 aliphatic carbocycles. The van der Waals surface area contributed by atoms with Crippen LogP contribution in [-0.2, 0) is 15.4 Å². The number of piperidine rings is 1. The SMILES string of the molecule is [B]C([B])([B])C([B])(C([B])([B])[B])C([B])([B])C1([B])C(=O)C([B])([B])C2([B])c3cc(OC)c(OC)cc3C([B])([B])C([B])([B])N2C1([B])[B]. The van der Waals surface area contributed by atoms with E-state index in [1.54, 1.807) is 0 Å². The zero-order valence-electron chi connectivity index (χ0n) is 23.3. The Kier molecular flexibility index (Phi) is 8.27. The van der Waals surface area contributed by atoms with Crippen molar-refractivity contribution in [2.45, 2.75) is 52.6 Å². The number of carbonyl (C=O) groups excluding carboxylic acids is 1. The zero-order valence-corrected chi connectivity index (χ0v) is 23.3. The fraction of sp³-hybridized carbons (Fsp3) is 0.632. The van der Waals surface area contributed by atoms with Crippen molar-refractivity contribution < 1.29 is 14.3 Å². The lowest BCUT2D eigenvalue weighted by Crippen LogP contribution is -2.88. The molecule has 164 valence electrons. The van der Waals surface area contributed by atoms with Crippen LogP contribution in [0.2, 0.25) is 31.3 Å². The van der Waals surface area contributed by atoms with Gasteiger partial charge < -0.3 is 19.2 Å². The van der Waals surface area contributed by atoms with Gasteiger partial charge in [-0.25, -0.2) is 0 Å². The molecule has 2 unspecified atom stereocenters. The van der Waals surface area contributed by atoms with Gasteiger partial charge in [-0.05, 0) is 28.2 Å². The zero-order chi connectivity index (χ0) is 33.3. The lowest BCUT2D eigenvalue weighted by atomic mass is 9.02. The maximum atomic E-state index is 14.5. The van der Waals surface area contributed by atoms with E-state index in [2.05, 4.69) is 0 Å². The molecule has 2 atom stereocenters. The lowest BCUT2D eigenvalue weighted by molar-refractivity contribution is -0.137. The van der Waals surface area contributed by atoms with Crippen LogP contribution in [0.15, 0.2) is 12.1 Å². The highest BCUT2D eigenvalue weighted by Gasteiger charge is 2.75. The Morgan fingerprint density at radius 1 is 0.619 bits per heavy atom. The Hall–Kier alpha value is -0.316. The maximum Gasteiger partial charge on any atom is 0.161 e. The van der Waals surface area contributed by atoms with Gasteiger partial charge in [0, 0.05) is 5.44 Å². The van der Waals surface area contributed by atoms with Gasteiger partial charge >= 0.3 is 0 Å². The largest absolute Gasteiger partial charge is 0.493 e. The van der Waals surface area contributed by atoms with Gasteiger partial charge in [0.05, 0.1) is 155 Å². The Labute approximate surface area is 274 Å². The summed E-state index contributed by atoms with van der Waals surface area (Å²) in [5.41, 5.74) is -2.96. The van der Waals surface area contributed by atoms with Crippen molar-refractivity contribution in [1.82, 2.24) is 4.90 Å². The predicted molar refractivity (Wildman–Crippen MR) is 181 cm³/mol. The number of benzene rings is 1. The summed E-state index contributed by atoms with van der Waals surface area (Å²) in [4.78, 5) is 15.1. The molecule has 0 amide bonds. The number of methoxy groups -OCH3 is 2. The third-order valence-corrected chi connectivity index (χ3v) is 8.80. The molecule has 42 heavy (non-hydrogen) atoms. The van der Waals surface area contributed by atoms with Gasteiger partial charge in [-0.3, -0.25) is 0 Å². The minimum Gasteiger partial charge on any atom is -0.493 e. The average molecular weight is 504 g/mol. The van der Waals surface area contributed by atoms with E-state index >= 15 is 0 Å². The molecule has 23 heteroatoms. The first kappa shape index (κ1) is 36.2. The number of carbonyl (C=O) groups is 1. The molecule has 0 spiro atoms. The third-order valence-electron chi connectivity index (χ3n) is 8.80. The van der Waals surface area contributed by atoms with Crippen molar-refractivity contribution in [3.8, 4) is 11.5 Å². The standard InChI is InChI=1S/C19H8B19NO3/c1-41-7-3-5-6(4-8(7)42-2)13(25)12(23,24)9(40)10(20,18(35,36)39(13)19(37,38)11(5,21)22)15(27,28)14(26,16(29,30)31)17(32,33)34/h3-4H,1-2H3. The first-order chi connectivity index (χ1) is 18.4. The van der Waals surface area contributed by atoms with Crippen LogP contribution in [0.3, 0.4) is 0 Å². The number of hydrogen-bond donors (Lipinski definition) is 0. The van der Waals surface area contributed by atoms with Gasteiger partial charge in [0.1, 0.15) is 13.6 Å². The van der Waals surface area contributed by atoms with Crippen LogP contribution < -0.4 is 9.47 Å². The van der Waals surface area contributed by atoms with Crippen LogP contribution in [-0.4, -0.2) is 185 Å². The quantitative estimate of drug-likeness (QED) is 0.363. The molecule has 1 aromatic carbocycles. The maximum absolute atomic E-state index is 14.5. The molecule has 2 aliphatic heterocycles. The highest BCUT2D eigenvalue weighted by atomic mass is 16.5. The van der Waals surface area contributed by atoms with Crippen LogP contribution in [0.25, 0.3) is 0 Å². The molecule has 1 aromatic rings. The fourth-order valence-electron chi connectivity index (χ4n) is 6.13. The van der Waals surface area contributed by atoms with Gasteiger partial charge in [-0.15, -0.1) is 15.5 Å². The molecule has 4 nitrogen and oxygen atoms in total. The van der Waals surface area contributed by atoms with Crippen molar-refractivity contribution in [2.75, 3.05) is 14.2 Å². The summed E-state index contributed by atoms with van der Waals surface area (Å²) in [6.45, 7) is 0. The molecule has 3 rings (SSSR count). The van der Waals surface area contributed by atoms with Gasteiger partial charge in [-0.2, -0.15) is 0 Å². The molecule has 2 aliphatic rings. The summed E-state index contributed by atoms with van der Waals surface area (Å²) >= 11 is 0. The first-order valence-electron chi connectivity index (χ1n) is 12.0. The number of hydrogen-bond acceptors (Lipinski definition) is 4. The van der Waals surface area contributed by atoms with Crippen LogP contribution >= 0.6 is 0 Å². The van der Waals surface area contributed by atoms with Gasteiger partial charge in [0.25, 0.3) is 0 Å². The van der Waals surface area contributed by atoms with E-state index in [-0.39, 0.29) is 22.6 Å². The fourth-order valence-corrected chi connectivity index (χ4v) is 6.13. The number of nitrogens with zero attached hydrogens (tertiary/aromatic N) is 1. The summed E-state index contributed by atoms with van der Waals surface area (Å²) in [6.07, 6.45) is 0. The van der Waals surface area contributed by atoms with E-state index < -0.39 is 58.4 Å². The Morgan fingerprint density at radius 3 is 1.36 bits per heavy atom. The molecule has 0 aromatic heterocycles. The summed E-state index contributed by atoms with van der Waals surface area (Å²) in [5, 5.41) is -26.4. The van der Waals surface area contributed by atoms with Crippen LogP contribution in [0.1, 0.15) is 11.1 Å². The predicted octanol–water partition coefficient (Wildman–Crippen LogP) is -5.89. The Balaban J connectivity index is 2.60. The molecule has 0 saturated carbocycles. The molecule has 1 fully saturated rings. The molecule has 0 bridgehead atoms. The van der Waals surface area contributed by atoms with E-state index in [9.17, 15) is 4.79 Å². The first-order valence-corrected chi connectivity index (χ1v) is 12.0. The van der Waals surface area contributed by atoms with Crippen molar-refractivity contribution in [1.29, 1.82) is 0 Å². The lowest BCUT2D eigenvalue weighted by Gasteiger charge is -2.83. The van der Waals surface area contributed by atoms with Crippen molar-refractivity contribution >= 4 is 155 Å². The van der Waals surface area contributed by atoms with Crippen molar-refractivity contribution in [2.24, 2.45) is 0 Å².